The predicted molar refractivity (Wildman–Crippen MR) is 146 cm³/mol. The van der Waals surface area contributed by atoms with Crippen molar-refractivity contribution < 1.29 is 4.74 Å². The van der Waals surface area contributed by atoms with E-state index in [-0.39, 0.29) is 0 Å². The third-order valence-corrected chi connectivity index (χ3v) is 6.61. The van der Waals surface area contributed by atoms with Crippen molar-refractivity contribution >= 4 is 0 Å². The molecule has 0 N–H and O–H groups in total. The summed E-state index contributed by atoms with van der Waals surface area (Å²) in [4.78, 5) is 0. The number of rotatable bonds is 11. The van der Waals surface area contributed by atoms with E-state index in [1.54, 1.807) is 7.11 Å². The summed E-state index contributed by atoms with van der Waals surface area (Å²) < 4.78 is 5.33. The maximum atomic E-state index is 5.33. The second-order valence-corrected chi connectivity index (χ2v) is 9.07. The van der Waals surface area contributed by atoms with Gasteiger partial charge in [0.15, 0.2) is 0 Å². The molecule has 0 saturated carbocycles. The molecule has 0 spiro atoms. The fraction of sp³-hybridized carbons (Fsp3) is 0.273. The second kappa shape index (κ2) is 12.2. The highest BCUT2D eigenvalue weighted by Gasteiger charge is 2.10. The number of unbranched alkanes of at least 4 members (excludes halogenated alkanes) is 5. The molecule has 0 aromatic heterocycles. The van der Waals surface area contributed by atoms with Gasteiger partial charge in [0.25, 0.3) is 0 Å². The Morgan fingerprint density at radius 1 is 0.529 bits per heavy atom. The van der Waals surface area contributed by atoms with Gasteiger partial charge in [-0.05, 0) is 70.0 Å². The zero-order valence-corrected chi connectivity index (χ0v) is 20.6. The zero-order chi connectivity index (χ0) is 23.6. The fourth-order valence-electron chi connectivity index (χ4n) is 4.58. The normalized spacial score (nSPS) is 10.9. The highest BCUT2D eigenvalue weighted by molar-refractivity contribution is 5.87. The lowest BCUT2D eigenvalue weighted by atomic mass is 9.90. The lowest BCUT2D eigenvalue weighted by Crippen LogP contribution is -1.90. The van der Waals surface area contributed by atoms with E-state index >= 15 is 0 Å². The van der Waals surface area contributed by atoms with Gasteiger partial charge >= 0.3 is 0 Å². The van der Waals surface area contributed by atoms with Crippen LogP contribution < -0.4 is 4.74 Å². The summed E-state index contributed by atoms with van der Waals surface area (Å²) in [7, 11) is 1.70. The lowest BCUT2D eigenvalue weighted by Gasteiger charge is -2.14. The smallest absolute Gasteiger partial charge is 0.118 e. The van der Waals surface area contributed by atoms with E-state index in [2.05, 4.69) is 91.9 Å². The molecule has 1 heteroatoms. The first kappa shape index (κ1) is 23.8. The fourth-order valence-corrected chi connectivity index (χ4v) is 4.58. The molecule has 0 heterocycles. The summed E-state index contributed by atoms with van der Waals surface area (Å²) in [6.07, 6.45) is 9.23. The van der Waals surface area contributed by atoms with E-state index in [1.165, 1.54) is 83.9 Å². The average Bonchev–Trinajstić information content (AvgIpc) is 2.91. The van der Waals surface area contributed by atoms with Gasteiger partial charge < -0.3 is 4.74 Å². The van der Waals surface area contributed by atoms with Crippen molar-refractivity contribution in [1.82, 2.24) is 0 Å². The van der Waals surface area contributed by atoms with E-state index in [4.69, 9.17) is 4.74 Å². The zero-order valence-electron chi connectivity index (χ0n) is 20.6. The minimum absolute atomic E-state index is 0.879. The Morgan fingerprint density at radius 3 is 1.85 bits per heavy atom. The third kappa shape index (κ3) is 6.17. The van der Waals surface area contributed by atoms with Gasteiger partial charge in [-0.2, -0.15) is 0 Å². The Labute approximate surface area is 205 Å². The Morgan fingerprint density at radius 2 is 1.15 bits per heavy atom. The minimum Gasteiger partial charge on any atom is -0.497 e. The Kier molecular flexibility index (Phi) is 8.57. The number of hydrogen-bond acceptors (Lipinski definition) is 1. The molecule has 0 radical (unpaired) electrons. The van der Waals surface area contributed by atoms with Crippen molar-refractivity contribution in [1.29, 1.82) is 0 Å². The van der Waals surface area contributed by atoms with Crippen molar-refractivity contribution in [2.75, 3.05) is 7.11 Å². The standard InChI is InChI=1S/C33H36O/c1-3-4-5-6-7-9-12-26-15-17-29(18-16-26)32-24-21-30(27-19-22-31(34-2)23-20-27)25-33(32)28-13-10-8-11-14-28/h8,10-11,13-25H,3-7,9,12H2,1-2H3. The summed E-state index contributed by atoms with van der Waals surface area (Å²) in [6, 6.07) is 35.0. The minimum atomic E-state index is 0.879. The summed E-state index contributed by atoms with van der Waals surface area (Å²) in [5.74, 6) is 0.879. The quantitative estimate of drug-likeness (QED) is 0.208. The number of aryl methyl sites for hydroxylation is 1. The van der Waals surface area contributed by atoms with Crippen LogP contribution >= 0.6 is 0 Å². The second-order valence-electron chi connectivity index (χ2n) is 9.07. The van der Waals surface area contributed by atoms with Gasteiger partial charge in [-0.25, -0.2) is 0 Å². The molecule has 4 aromatic rings. The maximum absolute atomic E-state index is 5.33. The lowest BCUT2D eigenvalue weighted by molar-refractivity contribution is 0.415. The van der Waals surface area contributed by atoms with Crippen LogP contribution in [0.4, 0.5) is 0 Å². The van der Waals surface area contributed by atoms with Crippen LogP contribution in [0.1, 0.15) is 51.0 Å². The summed E-state index contributed by atoms with van der Waals surface area (Å²) in [5.41, 5.74) is 8.89. The van der Waals surface area contributed by atoms with Crippen LogP contribution in [-0.2, 0) is 6.42 Å². The van der Waals surface area contributed by atoms with E-state index < -0.39 is 0 Å². The van der Waals surface area contributed by atoms with Gasteiger partial charge in [-0.15, -0.1) is 0 Å². The van der Waals surface area contributed by atoms with E-state index in [0.29, 0.717) is 0 Å². The van der Waals surface area contributed by atoms with Crippen molar-refractivity contribution in [3.05, 3.63) is 103 Å². The van der Waals surface area contributed by atoms with Crippen LogP contribution in [0, 0.1) is 0 Å². The van der Waals surface area contributed by atoms with Crippen LogP contribution in [0.5, 0.6) is 5.75 Å². The van der Waals surface area contributed by atoms with E-state index in [9.17, 15) is 0 Å². The van der Waals surface area contributed by atoms with Gasteiger partial charge in [0, 0.05) is 0 Å². The summed E-state index contributed by atoms with van der Waals surface area (Å²) >= 11 is 0. The molecule has 0 fully saturated rings. The van der Waals surface area contributed by atoms with Crippen molar-refractivity contribution in [2.45, 2.75) is 51.9 Å². The Hall–Kier alpha value is -3.32. The van der Waals surface area contributed by atoms with Crippen LogP contribution in [-0.4, -0.2) is 7.11 Å². The molecule has 34 heavy (non-hydrogen) atoms. The van der Waals surface area contributed by atoms with Crippen LogP contribution in [0.15, 0.2) is 97.1 Å². The molecule has 0 aliphatic rings. The SMILES string of the molecule is CCCCCCCCc1ccc(-c2ccc(-c3ccc(OC)cc3)cc2-c2ccccc2)cc1. The van der Waals surface area contributed by atoms with Crippen molar-refractivity contribution in [3.8, 4) is 39.1 Å². The average molecular weight is 449 g/mol. The Balaban J connectivity index is 1.57. The van der Waals surface area contributed by atoms with Crippen molar-refractivity contribution in [3.63, 3.8) is 0 Å². The monoisotopic (exact) mass is 448 g/mol. The van der Waals surface area contributed by atoms with E-state index in [1.807, 2.05) is 12.1 Å². The molecule has 0 amide bonds. The molecule has 0 aliphatic heterocycles. The first-order chi connectivity index (χ1) is 16.8. The van der Waals surface area contributed by atoms with Crippen LogP contribution in [0.25, 0.3) is 33.4 Å². The highest BCUT2D eigenvalue weighted by Crippen LogP contribution is 2.36. The molecule has 0 aliphatic carbocycles. The van der Waals surface area contributed by atoms with E-state index in [0.717, 1.165) is 5.75 Å². The molecule has 0 atom stereocenters. The molecule has 4 rings (SSSR count). The van der Waals surface area contributed by atoms with Gasteiger partial charge in [-0.1, -0.05) is 118 Å². The number of methoxy groups -OCH3 is 1. The number of benzene rings is 4. The van der Waals surface area contributed by atoms with Gasteiger partial charge in [0.1, 0.15) is 5.75 Å². The summed E-state index contributed by atoms with van der Waals surface area (Å²) in [5, 5.41) is 0. The topological polar surface area (TPSA) is 9.23 Å². The molecule has 1 nitrogen and oxygen atoms in total. The Bertz CT molecular complexity index is 1140. The largest absolute Gasteiger partial charge is 0.497 e. The maximum Gasteiger partial charge on any atom is 0.118 e. The molecule has 0 unspecified atom stereocenters. The first-order valence-electron chi connectivity index (χ1n) is 12.7. The molecular formula is C33H36O. The molecule has 174 valence electrons. The molecule has 4 aromatic carbocycles. The van der Waals surface area contributed by atoms with Gasteiger partial charge in [-0.3, -0.25) is 0 Å². The first-order valence-corrected chi connectivity index (χ1v) is 12.7. The third-order valence-electron chi connectivity index (χ3n) is 6.61. The van der Waals surface area contributed by atoms with Crippen LogP contribution in [0.2, 0.25) is 0 Å². The van der Waals surface area contributed by atoms with Crippen LogP contribution in [0.3, 0.4) is 0 Å². The predicted octanol–water partition coefficient (Wildman–Crippen LogP) is 9.60. The highest BCUT2D eigenvalue weighted by atomic mass is 16.5. The number of ether oxygens (including phenoxy) is 1. The molecule has 0 saturated heterocycles. The summed E-state index contributed by atoms with van der Waals surface area (Å²) in [6.45, 7) is 2.28. The van der Waals surface area contributed by atoms with Crippen molar-refractivity contribution in [2.24, 2.45) is 0 Å². The molecular weight excluding hydrogens is 412 g/mol. The molecule has 0 bridgehead atoms. The van der Waals surface area contributed by atoms with Gasteiger partial charge in [0.2, 0.25) is 0 Å². The van der Waals surface area contributed by atoms with Gasteiger partial charge in [0.05, 0.1) is 7.11 Å². The number of hydrogen-bond donors (Lipinski definition) is 0.